The molecular formula is C28H37N5O4. The highest BCUT2D eigenvalue weighted by Gasteiger charge is 2.38. The first-order valence-electron chi connectivity index (χ1n) is 12.6. The Balaban J connectivity index is 1.64. The van der Waals surface area contributed by atoms with Gasteiger partial charge in [-0.3, -0.25) is 15.0 Å². The van der Waals surface area contributed by atoms with Gasteiger partial charge in [-0.1, -0.05) is 54.6 Å². The molecule has 1 fully saturated rings. The molecule has 5 N–H and O–H groups in total. The summed E-state index contributed by atoms with van der Waals surface area (Å²) in [6, 6.07) is 15.3. The van der Waals surface area contributed by atoms with E-state index in [4.69, 9.17) is 15.9 Å². The van der Waals surface area contributed by atoms with Crippen LogP contribution in [0, 0.1) is 5.41 Å². The van der Waals surface area contributed by atoms with E-state index in [1.807, 2.05) is 42.5 Å². The quantitative estimate of drug-likeness (QED) is 0.305. The molecule has 0 radical (unpaired) electrons. The summed E-state index contributed by atoms with van der Waals surface area (Å²) in [6.07, 6.45) is 1.51. The molecule has 1 heterocycles. The summed E-state index contributed by atoms with van der Waals surface area (Å²) < 4.78 is 5.39. The standard InChI is InChI=1S/C28H37N5O4/c1-28(2,3)37-27(36)32-22(18-20-8-5-4-6-9-20)26(35)33-17-7-10-23(33)25(34)31-16-15-19-11-13-21(14-12-19)24(29)30/h4-6,8-9,11-14,22-23H,7,10,15-18H2,1-3H3,(H3,29,30)(H,31,34)(H,32,36)/t22-,23+/m1/s1. The van der Waals surface area contributed by atoms with Crippen molar-refractivity contribution < 1.29 is 19.1 Å². The lowest BCUT2D eigenvalue weighted by Crippen LogP contribution is -2.54. The van der Waals surface area contributed by atoms with Gasteiger partial charge < -0.3 is 26.0 Å². The Labute approximate surface area is 218 Å². The van der Waals surface area contributed by atoms with Crippen molar-refractivity contribution in [2.45, 2.75) is 64.1 Å². The summed E-state index contributed by atoms with van der Waals surface area (Å²) in [7, 11) is 0. The molecule has 2 atom stereocenters. The van der Waals surface area contributed by atoms with Crippen molar-refractivity contribution in [1.82, 2.24) is 15.5 Å². The highest BCUT2D eigenvalue weighted by Crippen LogP contribution is 2.20. The average Bonchev–Trinajstić information content (AvgIpc) is 3.33. The van der Waals surface area contributed by atoms with Gasteiger partial charge in [-0.15, -0.1) is 0 Å². The van der Waals surface area contributed by atoms with Crippen molar-refractivity contribution in [3.63, 3.8) is 0 Å². The van der Waals surface area contributed by atoms with Crippen LogP contribution in [-0.2, 0) is 27.2 Å². The number of carbonyl (C=O) groups excluding carboxylic acids is 3. The SMILES string of the molecule is CC(C)(C)OC(=O)N[C@H](Cc1ccccc1)C(=O)N1CCC[C@H]1C(=O)NCCc1ccc(C(=N)N)cc1. The van der Waals surface area contributed by atoms with Gasteiger partial charge >= 0.3 is 6.09 Å². The second kappa shape index (κ2) is 12.4. The molecule has 37 heavy (non-hydrogen) atoms. The fourth-order valence-corrected chi connectivity index (χ4v) is 4.30. The molecule has 0 spiro atoms. The molecule has 9 heteroatoms. The van der Waals surface area contributed by atoms with Crippen LogP contribution in [0.5, 0.6) is 0 Å². The van der Waals surface area contributed by atoms with Crippen molar-refractivity contribution in [3.05, 3.63) is 71.3 Å². The number of alkyl carbamates (subject to hydrolysis) is 1. The predicted octanol–water partition coefficient (Wildman–Crippen LogP) is 2.76. The smallest absolute Gasteiger partial charge is 0.408 e. The van der Waals surface area contributed by atoms with Crippen molar-refractivity contribution in [2.75, 3.05) is 13.1 Å². The highest BCUT2D eigenvalue weighted by molar-refractivity contribution is 5.95. The topological polar surface area (TPSA) is 138 Å². The maximum Gasteiger partial charge on any atom is 0.408 e. The van der Waals surface area contributed by atoms with Gasteiger partial charge in [-0.25, -0.2) is 4.79 Å². The van der Waals surface area contributed by atoms with E-state index >= 15 is 0 Å². The van der Waals surface area contributed by atoms with Crippen LogP contribution in [0.4, 0.5) is 4.79 Å². The van der Waals surface area contributed by atoms with Crippen LogP contribution < -0.4 is 16.4 Å². The van der Waals surface area contributed by atoms with Gasteiger partial charge in [-0.05, 0) is 51.2 Å². The molecule has 0 bridgehead atoms. The summed E-state index contributed by atoms with van der Waals surface area (Å²) in [5.41, 5.74) is 7.35. The number of nitrogens with zero attached hydrogens (tertiary/aromatic N) is 1. The molecule has 3 rings (SSSR count). The lowest BCUT2D eigenvalue weighted by atomic mass is 10.0. The minimum atomic E-state index is -0.856. The monoisotopic (exact) mass is 507 g/mol. The van der Waals surface area contributed by atoms with Crippen LogP contribution in [-0.4, -0.2) is 59.4 Å². The van der Waals surface area contributed by atoms with Gasteiger partial charge in [0.2, 0.25) is 11.8 Å². The zero-order valence-corrected chi connectivity index (χ0v) is 21.8. The lowest BCUT2D eigenvalue weighted by molar-refractivity contribution is -0.140. The van der Waals surface area contributed by atoms with E-state index in [0.717, 1.165) is 11.1 Å². The number of nitrogen functional groups attached to an aromatic ring is 1. The van der Waals surface area contributed by atoms with Gasteiger partial charge in [0, 0.05) is 25.1 Å². The van der Waals surface area contributed by atoms with E-state index in [2.05, 4.69) is 10.6 Å². The summed E-state index contributed by atoms with van der Waals surface area (Å²) in [6.45, 7) is 6.16. The van der Waals surface area contributed by atoms with Gasteiger partial charge in [0.15, 0.2) is 0 Å². The van der Waals surface area contributed by atoms with Gasteiger partial charge in [-0.2, -0.15) is 0 Å². The summed E-state index contributed by atoms with van der Waals surface area (Å²) in [4.78, 5) is 40.7. The first kappa shape index (κ1) is 27.7. The lowest BCUT2D eigenvalue weighted by Gasteiger charge is -2.29. The third kappa shape index (κ3) is 8.34. The first-order valence-corrected chi connectivity index (χ1v) is 12.6. The maximum atomic E-state index is 13.6. The van der Waals surface area contributed by atoms with E-state index in [1.54, 1.807) is 37.8 Å². The molecule has 3 amide bonds. The predicted molar refractivity (Wildman–Crippen MR) is 142 cm³/mol. The van der Waals surface area contributed by atoms with E-state index in [0.29, 0.717) is 44.3 Å². The number of rotatable bonds is 9. The Morgan fingerprint density at radius 2 is 1.76 bits per heavy atom. The number of amides is 3. The molecule has 0 aliphatic carbocycles. The van der Waals surface area contributed by atoms with Crippen molar-refractivity contribution in [3.8, 4) is 0 Å². The number of likely N-dealkylation sites (tertiary alicyclic amines) is 1. The largest absolute Gasteiger partial charge is 0.444 e. The normalized spacial score (nSPS) is 16.1. The van der Waals surface area contributed by atoms with Crippen LogP contribution in [0.2, 0.25) is 0 Å². The number of hydrogen-bond acceptors (Lipinski definition) is 5. The van der Waals surface area contributed by atoms with Crippen LogP contribution in [0.25, 0.3) is 0 Å². The summed E-state index contributed by atoms with van der Waals surface area (Å²) in [5.74, 6) is -0.494. The van der Waals surface area contributed by atoms with E-state index in [9.17, 15) is 14.4 Å². The van der Waals surface area contributed by atoms with Gasteiger partial charge in [0.25, 0.3) is 0 Å². The number of nitrogens with two attached hydrogens (primary N) is 1. The second-order valence-corrected chi connectivity index (χ2v) is 10.2. The number of carbonyl (C=O) groups is 3. The Hall–Kier alpha value is -3.88. The first-order chi connectivity index (χ1) is 17.5. The average molecular weight is 508 g/mol. The third-order valence-corrected chi connectivity index (χ3v) is 6.09. The van der Waals surface area contributed by atoms with Crippen molar-refractivity contribution >= 4 is 23.7 Å². The van der Waals surface area contributed by atoms with Gasteiger partial charge in [0.05, 0.1) is 0 Å². The summed E-state index contributed by atoms with van der Waals surface area (Å²) in [5, 5.41) is 13.1. The Bertz CT molecular complexity index is 1100. The zero-order valence-electron chi connectivity index (χ0n) is 21.8. The number of ether oxygens (including phenoxy) is 1. The Kier molecular flexibility index (Phi) is 9.27. The zero-order chi connectivity index (χ0) is 27.0. The molecule has 198 valence electrons. The molecule has 9 nitrogen and oxygen atoms in total. The number of hydrogen-bond donors (Lipinski definition) is 4. The Morgan fingerprint density at radius 1 is 1.08 bits per heavy atom. The number of benzene rings is 2. The van der Waals surface area contributed by atoms with Crippen molar-refractivity contribution in [2.24, 2.45) is 5.73 Å². The molecule has 0 saturated carbocycles. The van der Waals surface area contributed by atoms with Crippen LogP contribution >= 0.6 is 0 Å². The molecule has 2 aromatic rings. The molecule has 0 unspecified atom stereocenters. The van der Waals surface area contributed by atoms with Crippen molar-refractivity contribution in [1.29, 1.82) is 5.41 Å². The minimum absolute atomic E-state index is 0.0116. The van der Waals surface area contributed by atoms with E-state index < -0.39 is 23.8 Å². The van der Waals surface area contributed by atoms with Crippen LogP contribution in [0.3, 0.4) is 0 Å². The molecule has 1 aliphatic heterocycles. The fourth-order valence-electron chi connectivity index (χ4n) is 4.30. The summed E-state index contributed by atoms with van der Waals surface area (Å²) >= 11 is 0. The molecule has 0 aromatic heterocycles. The van der Waals surface area contributed by atoms with Crippen LogP contribution in [0.15, 0.2) is 54.6 Å². The van der Waals surface area contributed by atoms with Gasteiger partial charge in [0.1, 0.15) is 23.5 Å². The molecule has 2 aromatic carbocycles. The third-order valence-electron chi connectivity index (χ3n) is 6.09. The van der Waals surface area contributed by atoms with E-state index in [1.165, 1.54) is 0 Å². The number of amidine groups is 1. The highest BCUT2D eigenvalue weighted by atomic mass is 16.6. The minimum Gasteiger partial charge on any atom is -0.444 e. The second-order valence-electron chi connectivity index (χ2n) is 10.2. The molecule has 1 aliphatic rings. The Morgan fingerprint density at radius 3 is 2.38 bits per heavy atom. The van der Waals surface area contributed by atoms with Crippen LogP contribution in [0.1, 0.15) is 50.3 Å². The molecule has 1 saturated heterocycles. The van der Waals surface area contributed by atoms with E-state index in [-0.39, 0.29) is 17.6 Å². The number of nitrogens with one attached hydrogen (secondary N) is 3. The maximum absolute atomic E-state index is 13.6. The molecular weight excluding hydrogens is 470 g/mol. The fraction of sp³-hybridized carbons (Fsp3) is 0.429.